The first kappa shape index (κ1) is 19.6. The second kappa shape index (κ2) is 7.88. The Labute approximate surface area is 193 Å². The van der Waals surface area contributed by atoms with Gasteiger partial charge < -0.3 is 29.6 Å². The number of morpholine rings is 1. The highest BCUT2D eigenvalue weighted by molar-refractivity contribution is 6.15. The van der Waals surface area contributed by atoms with Crippen LogP contribution in [0.2, 0.25) is 0 Å². The van der Waals surface area contributed by atoms with Crippen LogP contribution in [-0.2, 0) is 9.47 Å². The Kier molecular flexibility index (Phi) is 4.69. The van der Waals surface area contributed by atoms with Crippen molar-refractivity contribution in [1.82, 2.24) is 20.1 Å². The van der Waals surface area contributed by atoms with Crippen LogP contribution in [0.4, 0.5) is 0 Å². The molecule has 0 spiro atoms. The number of nitrogens with one attached hydrogen (secondary N) is 2. The molecule has 0 saturated carbocycles. The van der Waals surface area contributed by atoms with E-state index in [9.17, 15) is 0 Å². The second-order valence-corrected chi connectivity index (χ2v) is 9.71. The van der Waals surface area contributed by atoms with Gasteiger partial charge in [0.15, 0.2) is 23.7 Å². The monoisotopic (exact) mass is 446 g/mol. The topological polar surface area (TPSA) is 77.5 Å². The van der Waals surface area contributed by atoms with E-state index < -0.39 is 0 Å². The molecule has 3 atom stereocenters. The molecule has 8 heteroatoms. The molecule has 5 aliphatic heterocycles. The number of aromatic nitrogens is 1. The maximum Gasteiger partial charge on any atom is 0.189 e. The van der Waals surface area contributed by atoms with Crippen molar-refractivity contribution in [2.45, 2.75) is 25.0 Å². The van der Waals surface area contributed by atoms with Gasteiger partial charge in [-0.15, -0.1) is 0 Å². The largest absolute Gasteiger partial charge is 0.465 e. The van der Waals surface area contributed by atoms with E-state index in [1.54, 1.807) is 0 Å². The third-order valence-electron chi connectivity index (χ3n) is 7.61. The molecule has 3 unspecified atom stereocenters. The average Bonchev–Trinajstić information content (AvgIpc) is 3.46. The van der Waals surface area contributed by atoms with Crippen LogP contribution < -0.4 is 5.32 Å². The molecule has 0 amide bonds. The molecule has 2 fully saturated rings. The standard InChI is InChI=1S/C25H30N6O2/c1-3-18(17-5-6-26-20(17)4-1)23-28-21-19-13-16(15-30-7-2-8-30)14-27-25(19)33-22(21)24(29-23)31-9-11-32-12-10-31/h1,3-6,16,21-22,26-27H,2,7-15H2. The van der Waals surface area contributed by atoms with Gasteiger partial charge in [0.25, 0.3) is 0 Å². The second-order valence-electron chi connectivity index (χ2n) is 9.71. The van der Waals surface area contributed by atoms with E-state index in [1.807, 2.05) is 6.20 Å². The summed E-state index contributed by atoms with van der Waals surface area (Å²) in [7, 11) is 0. The fourth-order valence-electron chi connectivity index (χ4n) is 5.76. The van der Waals surface area contributed by atoms with Gasteiger partial charge in [-0.2, -0.15) is 0 Å². The van der Waals surface area contributed by atoms with Crippen LogP contribution in [0, 0.1) is 5.92 Å². The number of fused-ring (bicyclic) bond motifs is 3. The lowest BCUT2D eigenvalue weighted by Gasteiger charge is -2.36. The van der Waals surface area contributed by atoms with E-state index in [2.05, 4.69) is 44.4 Å². The highest BCUT2D eigenvalue weighted by Crippen LogP contribution is 2.38. The minimum absolute atomic E-state index is 0.0220. The van der Waals surface area contributed by atoms with Crippen molar-refractivity contribution in [3.63, 3.8) is 0 Å². The quantitative estimate of drug-likeness (QED) is 0.754. The van der Waals surface area contributed by atoms with E-state index in [4.69, 9.17) is 19.5 Å². The van der Waals surface area contributed by atoms with Crippen LogP contribution >= 0.6 is 0 Å². The number of amidine groups is 2. The van der Waals surface area contributed by atoms with Crippen molar-refractivity contribution < 1.29 is 9.47 Å². The highest BCUT2D eigenvalue weighted by Gasteiger charge is 2.46. The zero-order valence-corrected chi connectivity index (χ0v) is 18.8. The van der Waals surface area contributed by atoms with Gasteiger partial charge in [-0.1, -0.05) is 12.1 Å². The molecule has 0 aliphatic carbocycles. The minimum Gasteiger partial charge on any atom is -0.465 e. The molecule has 2 N–H and O–H groups in total. The zero-order valence-electron chi connectivity index (χ0n) is 18.8. The number of H-pyrrole nitrogens is 1. The van der Waals surface area contributed by atoms with E-state index in [-0.39, 0.29) is 12.1 Å². The maximum atomic E-state index is 6.51. The average molecular weight is 447 g/mol. The van der Waals surface area contributed by atoms with Gasteiger partial charge in [-0.05, 0) is 44.0 Å². The number of benzene rings is 1. The van der Waals surface area contributed by atoms with Gasteiger partial charge in [-0.25, -0.2) is 4.99 Å². The number of aliphatic imine (C=N–C) groups is 2. The van der Waals surface area contributed by atoms with Crippen molar-refractivity contribution in [2.75, 3.05) is 52.5 Å². The lowest BCUT2D eigenvalue weighted by molar-refractivity contribution is 0.0598. The SMILES string of the molecule is c1cc(C2=NC3C4=C(NCC(CN5CCC5)C4)OC3C(N3CCOCC3)=N2)c2cc[nH]c2c1. The van der Waals surface area contributed by atoms with E-state index in [0.29, 0.717) is 5.92 Å². The Balaban J connectivity index is 1.26. The summed E-state index contributed by atoms with van der Waals surface area (Å²) in [6.45, 7) is 7.72. The Morgan fingerprint density at radius 2 is 2.00 bits per heavy atom. The first-order chi connectivity index (χ1) is 16.3. The highest BCUT2D eigenvalue weighted by atomic mass is 16.5. The normalized spacial score (nSPS) is 29.6. The van der Waals surface area contributed by atoms with E-state index >= 15 is 0 Å². The molecule has 6 heterocycles. The third kappa shape index (κ3) is 3.35. The fraction of sp³-hybridized carbons (Fsp3) is 0.520. The van der Waals surface area contributed by atoms with Crippen LogP contribution in [0.1, 0.15) is 18.4 Å². The summed E-state index contributed by atoms with van der Waals surface area (Å²) >= 11 is 0. The Hall–Kier alpha value is -2.84. The summed E-state index contributed by atoms with van der Waals surface area (Å²) in [5, 5.41) is 4.76. The van der Waals surface area contributed by atoms with Gasteiger partial charge >= 0.3 is 0 Å². The molecule has 8 nitrogen and oxygen atoms in total. The van der Waals surface area contributed by atoms with Gasteiger partial charge in [0.1, 0.15) is 6.04 Å². The van der Waals surface area contributed by atoms with Crippen molar-refractivity contribution in [1.29, 1.82) is 0 Å². The number of ether oxygens (including phenoxy) is 2. The maximum absolute atomic E-state index is 6.51. The number of aromatic amines is 1. The molecule has 172 valence electrons. The summed E-state index contributed by atoms with van der Waals surface area (Å²) in [6.07, 6.45) is 4.20. The molecular formula is C25H30N6O2. The molecule has 1 aromatic heterocycles. The summed E-state index contributed by atoms with van der Waals surface area (Å²) in [5.74, 6) is 3.35. The van der Waals surface area contributed by atoms with Crippen molar-refractivity contribution in [3.05, 3.63) is 47.5 Å². The van der Waals surface area contributed by atoms with Gasteiger partial charge in [-0.3, -0.25) is 4.99 Å². The molecule has 7 rings (SSSR count). The van der Waals surface area contributed by atoms with Gasteiger partial charge in [0.05, 0.1) is 13.2 Å². The summed E-state index contributed by atoms with van der Waals surface area (Å²) in [6, 6.07) is 8.40. The number of nitrogens with zero attached hydrogens (tertiary/aromatic N) is 4. The number of hydrogen-bond donors (Lipinski definition) is 2. The lowest BCUT2D eigenvalue weighted by atomic mass is 9.89. The lowest BCUT2D eigenvalue weighted by Crippen LogP contribution is -2.50. The first-order valence-electron chi connectivity index (χ1n) is 12.2. The molecule has 2 saturated heterocycles. The smallest absolute Gasteiger partial charge is 0.189 e. The third-order valence-corrected chi connectivity index (χ3v) is 7.61. The molecular weight excluding hydrogens is 416 g/mol. The summed E-state index contributed by atoms with van der Waals surface area (Å²) in [5.41, 5.74) is 3.50. The zero-order chi connectivity index (χ0) is 21.8. The Morgan fingerprint density at radius 3 is 2.85 bits per heavy atom. The minimum atomic E-state index is -0.155. The van der Waals surface area contributed by atoms with Crippen molar-refractivity contribution in [3.8, 4) is 0 Å². The predicted octanol–water partition coefficient (Wildman–Crippen LogP) is 1.95. The van der Waals surface area contributed by atoms with E-state index in [0.717, 1.165) is 79.8 Å². The molecule has 33 heavy (non-hydrogen) atoms. The Bertz CT molecular complexity index is 1160. The number of likely N-dealkylation sites (tertiary alicyclic amines) is 1. The summed E-state index contributed by atoms with van der Waals surface area (Å²) < 4.78 is 12.1. The van der Waals surface area contributed by atoms with Crippen molar-refractivity contribution >= 4 is 22.6 Å². The van der Waals surface area contributed by atoms with Crippen LogP contribution in [0.5, 0.6) is 0 Å². The van der Waals surface area contributed by atoms with Crippen LogP contribution in [0.25, 0.3) is 10.9 Å². The molecule has 2 aromatic rings. The number of rotatable bonds is 3. The fourth-order valence-corrected chi connectivity index (χ4v) is 5.76. The molecule has 5 aliphatic rings. The van der Waals surface area contributed by atoms with Crippen molar-refractivity contribution in [2.24, 2.45) is 15.9 Å². The Morgan fingerprint density at radius 1 is 1.09 bits per heavy atom. The predicted molar refractivity (Wildman–Crippen MR) is 128 cm³/mol. The number of hydrogen-bond acceptors (Lipinski definition) is 7. The van der Waals surface area contributed by atoms with Gasteiger partial charge in [0, 0.05) is 54.4 Å². The van der Waals surface area contributed by atoms with Crippen LogP contribution in [0.15, 0.2) is 51.9 Å². The summed E-state index contributed by atoms with van der Waals surface area (Å²) in [4.78, 5) is 18.6. The van der Waals surface area contributed by atoms with Crippen LogP contribution in [0.3, 0.4) is 0 Å². The van der Waals surface area contributed by atoms with Crippen LogP contribution in [-0.4, -0.2) is 91.1 Å². The first-order valence-corrected chi connectivity index (χ1v) is 12.2. The van der Waals surface area contributed by atoms with Gasteiger partial charge in [0.2, 0.25) is 0 Å². The molecule has 0 radical (unpaired) electrons. The molecule has 1 aromatic carbocycles. The molecule has 0 bridgehead atoms. The van der Waals surface area contributed by atoms with E-state index in [1.165, 1.54) is 25.1 Å².